The summed E-state index contributed by atoms with van der Waals surface area (Å²) in [7, 11) is 0. The van der Waals surface area contributed by atoms with Crippen LogP contribution in [0.25, 0.3) is 0 Å². The van der Waals surface area contributed by atoms with E-state index in [1.165, 1.54) is 32.2 Å². The SMILES string of the molecule is CC(C)c1nnc(N2CCC(N3CCCC3C)CC2)s1. The molecule has 0 amide bonds. The highest BCUT2D eigenvalue weighted by Crippen LogP contribution is 2.30. The fourth-order valence-electron chi connectivity index (χ4n) is 3.47. The highest BCUT2D eigenvalue weighted by Gasteiger charge is 2.31. The van der Waals surface area contributed by atoms with Crippen molar-refractivity contribution in [3.63, 3.8) is 0 Å². The first-order valence-corrected chi connectivity index (χ1v) is 8.81. The third kappa shape index (κ3) is 2.84. The lowest BCUT2D eigenvalue weighted by molar-refractivity contribution is 0.163. The molecule has 3 rings (SSSR count). The van der Waals surface area contributed by atoms with Crippen molar-refractivity contribution < 1.29 is 0 Å². The molecule has 4 nitrogen and oxygen atoms in total. The molecule has 2 aliphatic heterocycles. The van der Waals surface area contributed by atoms with Gasteiger partial charge in [0.15, 0.2) is 0 Å². The Hall–Kier alpha value is -0.680. The second-order valence-corrected chi connectivity index (χ2v) is 7.51. The number of nitrogens with zero attached hydrogens (tertiary/aromatic N) is 4. The molecule has 5 heteroatoms. The van der Waals surface area contributed by atoms with Gasteiger partial charge in [0.1, 0.15) is 5.01 Å². The van der Waals surface area contributed by atoms with Gasteiger partial charge in [-0.05, 0) is 39.2 Å². The van der Waals surface area contributed by atoms with Crippen molar-refractivity contribution in [2.24, 2.45) is 0 Å². The van der Waals surface area contributed by atoms with Gasteiger partial charge in [-0.25, -0.2) is 0 Å². The molecule has 0 saturated carbocycles. The van der Waals surface area contributed by atoms with Crippen molar-refractivity contribution in [2.75, 3.05) is 24.5 Å². The normalized spacial score (nSPS) is 25.8. The first kappa shape index (κ1) is 14.3. The Morgan fingerprint density at radius 3 is 2.40 bits per heavy atom. The van der Waals surface area contributed by atoms with Crippen LogP contribution < -0.4 is 4.90 Å². The molecule has 2 fully saturated rings. The summed E-state index contributed by atoms with van der Waals surface area (Å²) < 4.78 is 0. The fraction of sp³-hybridized carbons (Fsp3) is 0.867. The third-order valence-electron chi connectivity index (χ3n) is 4.73. The summed E-state index contributed by atoms with van der Waals surface area (Å²) in [6, 6.07) is 1.59. The van der Waals surface area contributed by atoms with Gasteiger partial charge in [-0.1, -0.05) is 25.2 Å². The molecule has 0 radical (unpaired) electrons. The number of hydrogen-bond acceptors (Lipinski definition) is 5. The third-order valence-corrected chi connectivity index (χ3v) is 6.02. The van der Waals surface area contributed by atoms with Crippen molar-refractivity contribution >= 4 is 16.5 Å². The molecule has 0 aromatic carbocycles. The van der Waals surface area contributed by atoms with Crippen molar-refractivity contribution in [3.8, 4) is 0 Å². The maximum Gasteiger partial charge on any atom is 0.208 e. The fourth-order valence-corrected chi connectivity index (χ4v) is 4.37. The molecule has 3 heterocycles. The molecule has 2 saturated heterocycles. The summed E-state index contributed by atoms with van der Waals surface area (Å²) in [5.41, 5.74) is 0. The predicted molar refractivity (Wildman–Crippen MR) is 84.6 cm³/mol. The minimum absolute atomic E-state index is 0.490. The molecule has 0 N–H and O–H groups in total. The maximum absolute atomic E-state index is 4.38. The lowest BCUT2D eigenvalue weighted by Gasteiger charge is -2.38. The van der Waals surface area contributed by atoms with Gasteiger partial charge in [-0.15, -0.1) is 10.2 Å². The largest absolute Gasteiger partial charge is 0.347 e. The van der Waals surface area contributed by atoms with Crippen LogP contribution in [-0.4, -0.2) is 46.8 Å². The summed E-state index contributed by atoms with van der Waals surface area (Å²) in [5.74, 6) is 0.490. The minimum Gasteiger partial charge on any atom is -0.347 e. The number of hydrogen-bond donors (Lipinski definition) is 0. The van der Waals surface area contributed by atoms with Crippen molar-refractivity contribution in [1.29, 1.82) is 0 Å². The number of aromatic nitrogens is 2. The number of likely N-dealkylation sites (tertiary alicyclic amines) is 1. The highest BCUT2D eigenvalue weighted by atomic mass is 32.1. The van der Waals surface area contributed by atoms with E-state index in [2.05, 4.69) is 40.8 Å². The van der Waals surface area contributed by atoms with Gasteiger partial charge in [0.25, 0.3) is 0 Å². The van der Waals surface area contributed by atoms with E-state index in [-0.39, 0.29) is 0 Å². The van der Waals surface area contributed by atoms with Crippen molar-refractivity contribution in [3.05, 3.63) is 5.01 Å². The number of piperidine rings is 1. The van der Waals surface area contributed by atoms with Crippen LogP contribution in [0.5, 0.6) is 0 Å². The van der Waals surface area contributed by atoms with E-state index in [9.17, 15) is 0 Å². The van der Waals surface area contributed by atoms with Crippen molar-refractivity contribution in [2.45, 2.75) is 64.5 Å². The molecule has 1 aromatic heterocycles. The Morgan fingerprint density at radius 1 is 1.10 bits per heavy atom. The summed E-state index contributed by atoms with van der Waals surface area (Å²) in [4.78, 5) is 5.16. The van der Waals surface area contributed by atoms with E-state index in [4.69, 9.17) is 0 Å². The zero-order valence-corrected chi connectivity index (χ0v) is 13.7. The van der Waals surface area contributed by atoms with Crippen LogP contribution >= 0.6 is 11.3 Å². The smallest absolute Gasteiger partial charge is 0.208 e. The maximum atomic E-state index is 4.38. The molecular weight excluding hydrogens is 268 g/mol. The molecule has 0 bridgehead atoms. The molecule has 1 aromatic rings. The van der Waals surface area contributed by atoms with Gasteiger partial charge >= 0.3 is 0 Å². The molecule has 0 aliphatic carbocycles. The van der Waals surface area contributed by atoms with Gasteiger partial charge in [0.2, 0.25) is 5.13 Å². The van der Waals surface area contributed by atoms with Crippen LogP contribution in [0.1, 0.15) is 57.4 Å². The van der Waals surface area contributed by atoms with E-state index in [0.717, 1.165) is 35.3 Å². The van der Waals surface area contributed by atoms with Gasteiger partial charge in [-0.3, -0.25) is 4.90 Å². The molecular formula is C15H26N4S. The standard InChI is InChI=1S/C15H26N4S/c1-11(2)14-16-17-15(20-14)18-9-6-13(7-10-18)19-8-4-5-12(19)3/h11-13H,4-10H2,1-3H3. The lowest BCUT2D eigenvalue weighted by Crippen LogP contribution is -2.46. The Morgan fingerprint density at radius 2 is 1.85 bits per heavy atom. The summed E-state index contributed by atoms with van der Waals surface area (Å²) in [6.07, 6.45) is 5.33. The zero-order chi connectivity index (χ0) is 14.1. The predicted octanol–water partition coefficient (Wildman–Crippen LogP) is 3.11. The van der Waals surface area contributed by atoms with E-state index in [1.807, 2.05) is 0 Å². The first-order chi connectivity index (χ1) is 9.65. The van der Waals surface area contributed by atoms with E-state index >= 15 is 0 Å². The molecule has 112 valence electrons. The van der Waals surface area contributed by atoms with E-state index < -0.39 is 0 Å². The second kappa shape index (κ2) is 5.98. The van der Waals surface area contributed by atoms with Crippen LogP contribution in [0.15, 0.2) is 0 Å². The van der Waals surface area contributed by atoms with Gasteiger partial charge in [0, 0.05) is 31.1 Å². The van der Waals surface area contributed by atoms with Crippen LogP contribution in [-0.2, 0) is 0 Å². The minimum atomic E-state index is 0.490. The average molecular weight is 294 g/mol. The highest BCUT2D eigenvalue weighted by molar-refractivity contribution is 7.15. The Labute approximate surface area is 126 Å². The lowest BCUT2D eigenvalue weighted by atomic mass is 10.0. The molecule has 0 spiro atoms. The first-order valence-electron chi connectivity index (χ1n) is 7.99. The Bertz CT molecular complexity index is 437. The van der Waals surface area contributed by atoms with Gasteiger partial charge in [0.05, 0.1) is 0 Å². The van der Waals surface area contributed by atoms with Crippen molar-refractivity contribution in [1.82, 2.24) is 15.1 Å². The second-order valence-electron chi connectivity index (χ2n) is 6.52. The van der Waals surface area contributed by atoms with Gasteiger partial charge in [-0.2, -0.15) is 0 Å². The molecule has 1 unspecified atom stereocenters. The van der Waals surface area contributed by atoms with E-state index in [1.54, 1.807) is 11.3 Å². The average Bonchev–Trinajstić information content (AvgIpc) is 3.07. The summed E-state index contributed by atoms with van der Waals surface area (Å²) in [5, 5.41) is 11.0. The van der Waals surface area contributed by atoms with Crippen LogP contribution in [0.4, 0.5) is 5.13 Å². The molecule has 20 heavy (non-hydrogen) atoms. The topological polar surface area (TPSA) is 32.3 Å². The quantitative estimate of drug-likeness (QED) is 0.857. The van der Waals surface area contributed by atoms with E-state index in [0.29, 0.717) is 5.92 Å². The van der Waals surface area contributed by atoms with Gasteiger partial charge < -0.3 is 4.90 Å². The Kier molecular flexibility index (Phi) is 4.26. The monoisotopic (exact) mass is 294 g/mol. The van der Waals surface area contributed by atoms with Crippen LogP contribution in [0.3, 0.4) is 0 Å². The number of anilines is 1. The molecule has 1 atom stereocenters. The van der Waals surface area contributed by atoms with Crippen LogP contribution in [0.2, 0.25) is 0 Å². The zero-order valence-electron chi connectivity index (χ0n) is 12.9. The summed E-state index contributed by atoms with van der Waals surface area (Å²) >= 11 is 1.77. The van der Waals surface area contributed by atoms with Crippen LogP contribution in [0, 0.1) is 0 Å². The Balaban J connectivity index is 1.57. The molecule has 2 aliphatic rings. The summed E-state index contributed by atoms with van der Waals surface area (Å²) in [6.45, 7) is 10.3. The number of rotatable bonds is 3.